The predicted molar refractivity (Wildman–Crippen MR) is 124 cm³/mol. The van der Waals surface area contributed by atoms with Crippen molar-refractivity contribution in [1.29, 1.82) is 0 Å². The SMILES string of the molecule is COc1ccc(N2CCC(NC(=O)C(NC(=O)c3ccccc3C)C(C)C)CC2)cc1. The van der Waals surface area contributed by atoms with Crippen molar-refractivity contribution in [3.05, 3.63) is 59.7 Å². The average Bonchev–Trinajstić information content (AvgIpc) is 2.78. The number of nitrogens with one attached hydrogen (secondary N) is 2. The molecule has 2 aromatic carbocycles. The second-order valence-corrected chi connectivity index (χ2v) is 8.48. The minimum atomic E-state index is -0.563. The van der Waals surface area contributed by atoms with Crippen LogP contribution in [0.5, 0.6) is 5.75 Å². The topological polar surface area (TPSA) is 70.7 Å². The van der Waals surface area contributed by atoms with Crippen molar-refractivity contribution in [2.24, 2.45) is 5.92 Å². The molecule has 1 aliphatic heterocycles. The van der Waals surface area contributed by atoms with Gasteiger partial charge in [0.2, 0.25) is 5.91 Å². The molecular weight excluding hydrogens is 390 g/mol. The number of rotatable bonds is 7. The molecule has 0 bridgehead atoms. The molecule has 1 atom stereocenters. The first kappa shape index (κ1) is 22.7. The summed E-state index contributed by atoms with van der Waals surface area (Å²) in [4.78, 5) is 28.0. The van der Waals surface area contributed by atoms with Crippen molar-refractivity contribution in [3.8, 4) is 5.75 Å². The first-order valence-corrected chi connectivity index (χ1v) is 10.9. The molecule has 0 radical (unpaired) electrons. The molecule has 1 saturated heterocycles. The zero-order valence-electron chi connectivity index (χ0n) is 18.9. The van der Waals surface area contributed by atoms with Crippen LogP contribution in [-0.4, -0.2) is 44.1 Å². The van der Waals surface area contributed by atoms with Crippen LogP contribution in [-0.2, 0) is 4.79 Å². The van der Waals surface area contributed by atoms with Crippen molar-refractivity contribution < 1.29 is 14.3 Å². The summed E-state index contributed by atoms with van der Waals surface area (Å²) in [5, 5.41) is 6.10. The molecule has 1 unspecified atom stereocenters. The molecule has 3 rings (SSSR count). The Morgan fingerprint density at radius 2 is 1.68 bits per heavy atom. The third kappa shape index (κ3) is 5.78. The van der Waals surface area contributed by atoms with Gasteiger partial charge in [-0.3, -0.25) is 9.59 Å². The molecule has 0 saturated carbocycles. The molecule has 166 valence electrons. The van der Waals surface area contributed by atoms with Crippen LogP contribution < -0.4 is 20.3 Å². The monoisotopic (exact) mass is 423 g/mol. The lowest BCUT2D eigenvalue weighted by Crippen LogP contribution is -2.54. The highest BCUT2D eigenvalue weighted by molar-refractivity contribution is 5.98. The second-order valence-electron chi connectivity index (χ2n) is 8.48. The summed E-state index contributed by atoms with van der Waals surface area (Å²) in [7, 11) is 1.66. The van der Waals surface area contributed by atoms with Crippen molar-refractivity contribution in [1.82, 2.24) is 10.6 Å². The van der Waals surface area contributed by atoms with Gasteiger partial charge in [-0.2, -0.15) is 0 Å². The second kappa shape index (κ2) is 10.3. The van der Waals surface area contributed by atoms with Gasteiger partial charge in [-0.1, -0.05) is 32.0 Å². The third-order valence-corrected chi connectivity index (χ3v) is 5.90. The maximum Gasteiger partial charge on any atom is 0.252 e. The van der Waals surface area contributed by atoms with Crippen LogP contribution >= 0.6 is 0 Å². The highest BCUT2D eigenvalue weighted by Crippen LogP contribution is 2.23. The van der Waals surface area contributed by atoms with Crippen molar-refractivity contribution in [2.45, 2.75) is 45.7 Å². The number of hydrogen-bond acceptors (Lipinski definition) is 4. The quantitative estimate of drug-likeness (QED) is 0.715. The Morgan fingerprint density at radius 3 is 2.26 bits per heavy atom. The summed E-state index contributed by atoms with van der Waals surface area (Å²) in [6.07, 6.45) is 1.74. The fourth-order valence-corrected chi connectivity index (χ4v) is 3.95. The molecule has 2 amide bonds. The number of hydrogen-bond donors (Lipinski definition) is 2. The van der Waals surface area contributed by atoms with Crippen molar-refractivity contribution in [3.63, 3.8) is 0 Å². The third-order valence-electron chi connectivity index (χ3n) is 5.90. The molecule has 0 spiro atoms. The van der Waals surface area contributed by atoms with Crippen LogP contribution in [0.25, 0.3) is 0 Å². The zero-order chi connectivity index (χ0) is 22.4. The molecule has 2 N–H and O–H groups in total. The van der Waals surface area contributed by atoms with E-state index in [9.17, 15) is 9.59 Å². The van der Waals surface area contributed by atoms with E-state index in [0.29, 0.717) is 5.56 Å². The van der Waals surface area contributed by atoms with E-state index in [1.807, 2.05) is 51.1 Å². The summed E-state index contributed by atoms with van der Waals surface area (Å²) >= 11 is 0. The van der Waals surface area contributed by atoms with Crippen molar-refractivity contribution >= 4 is 17.5 Å². The van der Waals surface area contributed by atoms with Gasteiger partial charge in [0.25, 0.3) is 5.91 Å². The lowest BCUT2D eigenvalue weighted by Gasteiger charge is -2.35. The Bertz CT molecular complexity index is 887. The van der Waals surface area contributed by atoms with Gasteiger partial charge < -0.3 is 20.3 Å². The number of benzene rings is 2. The first-order valence-electron chi connectivity index (χ1n) is 10.9. The van der Waals surface area contributed by atoms with E-state index in [2.05, 4.69) is 27.7 Å². The summed E-state index contributed by atoms with van der Waals surface area (Å²) in [6.45, 7) is 7.55. The van der Waals surface area contributed by atoms with E-state index in [1.54, 1.807) is 13.2 Å². The summed E-state index contributed by atoms with van der Waals surface area (Å²) in [5.74, 6) is 0.520. The van der Waals surface area contributed by atoms with Gasteiger partial charge in [0.05, 0.1) is 7.11 Å². The summed E-state index contributed by atoms with van der Waals surface area (Å²) < 4.78 is 5.23. The highest BCUT2D eigenvalue weighted by Gasteiger charge is 2.28. The molecule has 2 aromatic rings. The molecule has 1 aliphatic rings. The van der Waals surface area contributed by atoms with Gasteiger partial charge >= 0.3 is 0 Å². The van der Waals surface area contributed by atoms with E-state index < -0.39 is 6.04 Å². The smallest absolute Gasteiger partial charge is 0.252 e. The summed E-state index contributed by atoms with van der Waals surface area (Å²) in [6, 6.07) is 15.0. The number of piperidine rings is 1. The van der Waals surface area contributed by atoms with Crippen LogP contribution in [0.3, 0.4) is 0 Å². The molecule has 6 heteroatoms. The van der Waals surface area contributed by atoms with Crippen LogP contribution in [0, 0.1) is 12.8 Å². The number of carbonyl (C=O) groups is 2. The van der Waals surface area contributed by atoms with Gasteiger partial charge in [0.1, 0.15) is 11.8 Å². The van der Waals surface area contributed by atoms with E-state index in [4.69, 9.17) is 4.74 Å². The van der Waals surface area contributed by atoms with Crippen LogP contribution in [0.2, 0.25) is 0 Å². The largest absolute Gasteiger partial charge is 0.497 e. The van der Waals surface area contributed by atoms with Gasteiger partial charge in [0.15, 0.2) is 0 Å². The summed E-state index contributed by atoms with van der Waals surface area (Å²) in [5.41, 5.74) is 2.67. The van der Waals surface area contributed by atoms with Gasteiger partial charge in [-0.05, 0) is 61.6 Å². The number of amides is 2. The van der Waals surface area contributed by atoms with E-state index >= 15 is 0 Å². The Balaban J connectivity index is 1.55. The molecule has 31 heavy (non-hydrogen) atoms. The van der Waals surface area contributed by atoms with E-state index in [-0.39, 0.29) is 23.8 Å². The number of nitrogens with zero attached hydrogens (tertiary/aromatic N) is 1. The number of anilines is 1. The van der Waals surface area contributed by atoms with Crippen LogP contribution in [0.15, 0.2) is 48.5 Å². The maximum absolute atomic E-state index is 13.0. The zero-order valence-corrected chi connectivity index (χ0v) is 18.9. The Kier molecular flexibility index (Phi) is 7.55. The molecule has 0 aromatic heterocycles. The predicted octanol–water partition coefficient (Wildman–Crippen LogP) is 3.54. The normalized spacial score (nSPS) is 15.5. The average molecular weight is 424 g/mol. The van der Waals surface area contributed by atoms with E-state index in [1.165, 1.54) is 0 Å². The molecule has 1 fully saturated rings. The number of aryl methyl sites for hydroxylation is 1. The molecule has 1 heterocycles. The lowest BCUT2D eigenvalue weighted by molar-refractivity contribution is -0.124. The maximum atomic E-state index is 13.0. The minimum absolute atomic E-state index is 0.00708. The Hall–Kier alpha value is -3.02. The molecule has 6 nitrogen and oxygen atoms in total. The molecular formula is C25H33N3O3. The van der Waals surface area contributed by atoms with Gasteiger partial charge in [0, 0.05) is 30.4 Å². The van der Waals surface area contributed by atoms with Crippen LogP contribution in [0.1, 0.15) is 42.6 Å². The Morgan fingerprint density at radius 1 is 1.03 bits per heavy atom. The fraction of sp³-hybridized carbons (Fsp3) is 0.440. The van der Waals surface area contributed by atoms with Gasteiger partial charge in [-0.25, -0.2) is 0 Å². The lowest BCUT2D eigenvalue weighted by atomic mass is 9.99. The Labute approximate surface area is 185 Å². The standard InChI is InChI=1S/C25H33N3O3/c1-17(2)23(27-24(29)22-8-6-5-7-18(22)3)25(30)26-19-13-15-28(16-14-19)20-9-11-21(31-4)12-10-20/h5-12,17,19,23H,13-16H2,1-4H3,(H,26,30)(H,27,29). The fourth-order valence-electron chi connectivity index (χ4n) is 3.95. The number of carbonyl (C=O) groups excluding carboxylic acids is 2. The number of methoxy groups -OCH3 is 1. The van der Waals surface area contributed by atoms with E-state index in [0.717, 1.165) is 42.9 Å². The minimum Gasteiger partial charge on any atom is -0.497 e. The highest BCUT2D eigenvalue weighted by atomic mass is 16.5. The van der Waals surface area contributed by atoms with Crippen LogP contribution in [0.4, 0.5) is 5.69 Å². The van der Waals surface area contributed by atoms with Gasteiger partial charge in [-0.15, -0.1) is 0 Å². The molecule has 0 aliphatic carbocycles. The number of ether oxygens (including phenoxy) is 1. The van der Waals surface area contributed by atoms with Crippen molar-refractivity contribution in [2.75, 3.05) is 25.1 Å². The first-order chi connectivity index (χ1) is 14.9.